The average Bonchev–Trinajstić information content (AvgIpc) is 3.51. The molecule has 4 aromatic heterocycles. The van der Waals surface area contributed by atoms with Crippen molar-refractivity contribution in [2.45, 2.75) is 19.8 Å². The standard InChI is InChI=1S/C29H25N7O2/c1-18(37)34-29-32-15-23(16-33-29)26-17-35(2)28-25(26)11-22(14-31-28)21-10-20(12-30-13-21)19-5-7-24(8-6-19)36-9-3-4-27(36)38/h5-8,10-17H,3-4,9H2,1-2H3,(H,32,33,34,37). The van der Waals surface area contributed by atoms with Crippen LogP contribution in [0.2, 0.25) is 0 Å². The molecule has 6 rings (SSSR count). The molecule has 5 aromatic rings. The van der Waals surface area contributed by atoms with Gasteiger partial charge in [0.25, 0.3) is 0 Å². The molecule has 0 spiro atoms. The minimum atomic E-state index is -0.217. The summed E-state index contributed by atoms with van der Waals surface area (Å²) in [5.41, 5.74) is 7.44. The number of hydrogen-bond acceptors (Lipinski definition) is 6. The Morgan fingerprint density at radius 3 is 2.24 bits per heavy atom. The maximum absolute atomic E-state index is 12.1. The van der Waals surface area contributed by atoms with Gasteiger partial charge in [0.1, 0.15) is 5.65 Å². The van der Waals surface area contributed by atoms with E-state index in [0.717, 1.165) is 63.1 Å². The third kappa shape index (κ3) is 4.39. The molecular formula is C29H25N7O2. The van der Waals surface area contributed by atoms with Gasteiger partial charge < -0.3 is 9.47 Å². The van der Waals surface area contributed by atoms with Crippen molar-refractivity contribution in [2.75, 3.05) is 16.8 Å². The Balaban J connectivity index is 1.33. The predicted octanol–water partition coefficient (Wildman–Crippen LogP) is 4.84. The second-order valence-corrected chi connectivity index (χ2v) is 9.38. The SMILES string of the molecule is CC(=O)Nc1ncc(-c2cn(C)c3ncc(-c4cncc(-c5ccc(N6CCCC6=O)cc5)c4)cc23)cn1. The lowest BCUT2D eigenvalue weighted by molar-refractivity contribution is -0.117. The van der Waals surface area contributed by atoms with Gasteiger partial charge in [-0.3, -0.25) is 19.9 Å². The van der Waals surface area contributed by atoms with Gasteiger partial charge in [-0.2, -0.15) is 0 Å². The van der Waals surface area contributed by atoms with E-state index in [4.69, 9.17) is 4.98 Å². The Kier molecular flexibility index (Phi) is 5.88. The van der Waals surface area contributed by atoms with Crippen molar-refractivity contribution < 1.29 is 9.59 Å². The molecule has 1 aromatic carbocycles. The monoisotopic (exact) mass is 503 g/mol. The first-order valence-electron chi connectivity index (χ1n) is 12.4. The van der Waals surface area contributed by atoms with E-state index in [-0.39, 0.29) is 17.8 Å². The van der Waals surface area contributed by atoms with E-state index in [1.807, 2.05) is 65.6 Å². The molecule has 5 heterocycles. The summed E-state index contributed by atoms with van der Waals surface area (Å²) in [7, 11) is 1.95. The molecule has 0 unspecified atom stereocenters. The van der Waals surface area contributed by atoms with Crippen LogP contribution in [-0.2, 0) is 16.6 Å². The zero-order valence-corrected chi connectivity index (χ0v) is 21.0. The van der Waals surface area contributed by atoms with Crippen molar-refractivity contribution in [3.8, 4) is 33.4 Å². The lowest BCUT2D eigenvalue weighted by Gasteiger charge is -2.16. The number of amides is 2. The van der Waals surface area contributed by atoms with Crippen LogP contribution in [0.3, 0.4) is 0 Å². The molecule has 1 saturated heterocycles. The summed E-state index contributed by atoms with van der Waals surface area (Å²) < 4.78 is 1.97. The van der Waals surface area contributed by atoms with Crippen molar-refractivity contribution in [1.29, 1.82) is 0 Å². The van der Waals surface area contributed by atoms with Crippen molar-refractivity contribution in [3.63, 3.8) is 0 Å². The summed E-state index contributed by atoms with van der Waals surface area (Å²) in [4.78, 5) is 43.0. The molecule has 38 heavy (non-hydrogen) atoms. The number of rotatable bonds is 5. The largest absolute Gasteiger partial charge is 0.335 e. The van der Waals surface area contributed by atoms with Gasteiger partial charge in [-0.1, -0.05) is 12.1 Å². The van der Waals surface area contributed by atoms with Crippen LogP contribution in [0.1, 0.15) is 19.8 Å². The molecule has 0 saturated carbocycles. The Bertz CT molecular complexity index is 1670. The Hall–Kier alpha value is -4.92. The number of hydrogen-bond donors (Lipinski definition) is 1. The van der Waals surface area contributed by atoms with Crippen LogP contribution in [-0.4, -0.2) is 42.9 Å². The lowest BCUT2D eigenvalue weighted by atomic mass is 10.0. The van der Waals surface area contributed by atoms with Crippen LogP contribution in [0.4, 0.5) is 11.6 Å². The number of carbonyl (C=O) groups is 2. The summed E-state index contributed by atoms with van der Waals surface area (Å²) in [6.07, 6.45) is 12.4. The zero-order valence-electron chi connectivity index (χ0n) is 21.0. The van der Waals surface area contributed by atoms with Crippen molar-refractivity contribution >= 4 is 34.5 Å². The number of nitrogens with zero attached hydrogens (tertiary/aromatic N) is 6. The Morgan fingerprint density at radius 1 is 0.868 bits per heavy atom. The average molecular weight is 504 g/mol. The first kappa shape index (κ1) is 23.5. The first-order chi connectivity index (χ1) is 18.5. The highest BCUT2D eigenvalue weighted by atomic mass is 16.2. The van der Waals surface area contributed by atoms with Gasteiger partial charge >= 0.3 is 0 Å². The third-order valence-electron chi connectivity index (χ3n) is 6.72. The topological polar surface area (TPSA) is 106 Å². The van der Waals surface area contributed by atoms with E-state index >= 15 is 0 Å². The van der Waals surface area contributed by atoms with Gasteiger partial charge in [0, 0.05) is 103 Å². The first-order valence-corrected chi connectivity index (χ1v) is 12.4. The number of pyridine rings is 2. The maximum Gasteiger partial charge on any atom is 0.229 e. The molecule has 9 heteroatoms. The quantitative estimate of drug-likeness (QED) is 0.368. The van der Waals surface area contributed by atoms with Crippen LogP contribution >= 0.6 is 0 Å². The molecule has 1 aliphatic heterocycles. The fraction of sp³-hybridized carbons (Fsp3) is 0.172. The highest BCUT2D eigenvalue weighted by Gasteiger charge is 2.21. The van der Waals surface area contributed by atoms with E-state index in [1.165, 1.54) is 6.92 Å². The van der Waals surface area contributed by atoms with Crippen molar-refractivity contribution in [2.24, 2.45) is 7.05 Å². The second-order valence-electron chi connectivity index (χ2n) is 9.38. The minimum absolute atomic E-state index is 0.180. The van der Waals surface area contributed by atoms with E-state index in [2.05, 4.69) is 32.4 Å². The Morgan fingerprint density at radius 2 is 1.55 bits per heavy atom. The highest BCUT2D eigenvalue weighted by Crippen LogP contribution is 2.33. The van der Waals surface area contributed by atoms with E-state index < -0.39 is 0 Å². The normalized spacial score (nSPS) is 13.3. The number of carbonyl (C=O) groups excluding carboxylic acids is 2. The van der Waals surface area contributed by atoms with Crippen LogP contribution in [0, 0.1) is 0 Å². The minimum Gasteiger partial charge on any atom is -0.335 e. The fourth-order valence-corrected chi connectivity index (χ4v) is 4.85. The molecule has 1 N–H and O–H groups in total. The molecule has 0 aliphatic carbocycles. The second kappa shape index (κ2) is 9.51. The summed E-state index contributed by atoms with van der Waals surface area (Å²) >= 11 is 0. The van der Waals surface area contributed by atoms with Gasteiger partial charge in [-0.25, -0.2) is 15.0 Å². The van der Waals surface area contributed by atoms with Crippen LogP contribution in [0.15, 0.2) is 73.6 Å². The lowest BCUT2D eigenvalue weighted by Crippen LogP contribution is -2.23. The van der Waals surface area contributed by atoms with Gasteiger partial charge in [-0.15, -0.1) is 0 Å². The summed E-state index contributed by atoms with van der Waals surface area (Å²) in [5.74, 6) is 0.230. The smallest absolute Gasteiger partial charge is 0.229 e. The number of nitrogens with one attached hydrogen (secondary N) is 1. The predicted molar refractivity (Wildman–Crippen MR) is 146 cm³/mol. The van der Waals surface area contributed by atoms with Gasteiger partial charge in [0.05, 0.1) is 0 Å². The number of benzene rings is 1. The van der Waals surface area contributed by atoms with Crippen molar-refractivity contribution in [3.05, 3.63) is 73.6 Å². The van der Waals surface area contributed by atoms with E-state index in [9.17, 15) is 9.59 Å². The summed E-state index contributed by atoms with van der Waals surface area (Å²) in [5, 5.41) is 3.56. The number of fused-ring (bicyclic) bond motifs is 1. The number of anilines is 2. The zero-order chi connectivity index (χ0) is 26.2. The summed E-state index contributed by atoms with van der Waals surface area (Å²) in [6.45, 7) is 2.20. The number of aromatic nitrogens is 5. The van der Waals surface area contributed by atoms with Crippen molar-refractivity contribution in [1.82, 2.24) is 24.5 Å². The molecule has 1 aliphatic rings. The number of aryl methyl sites for hydroxylation is 1. The van der Waals surface area contributed by atoms with E-state index in [1.54, 1.807) is 12.4 Å². The molecule has 188 valence electrons. The van der Waals surface area contributed by atoms with E-state index in [0.29, 0.717) is 6.42 Å². The van der Waals surface area contributed by atoms with Gasteiger partial charge in [0.2, 0.25) is 17.8 Å². The molecule has 0 bridgehead atoms. The molecular weight excluding hydrogens is 478 g/mol. The molecule has 0 radical (unpaired) electrons. The maximum atomic E-state index is 12.1. The molecule has 1 fully saturated rings. The highest BCUT2D eigenvalue weighted by molar-refractivity contribution is 5.97. The third-order valence-corrected chi connectivity index (χ3v) is 6.72. The van der Waals surface area contributed by atoms with Gasteiger partial charge in [0.15, 0.2) is 0 Å². The molecule has 2 amide bonds. The Labute approximate surface area is 219 Å². The molecule has 9 nitrogen and oxygen atoms in total. The fourth-order valence-electron chi connectivity index (χ4n) is 4.85. The van der Waals surface area contributed by atoms with Crippen LogP contribution < -0.4 is 10.2 Å². The van der Waals surface area contributed by atoms with Crippen LogP contribution in [0.5, 0.6) is 0 Å². The summed E-state index contributed by atoms with van der Waals surface area (Å²) in [6, 6.07) is 12.2. The molecule has 0 atom stereocenters. The van der Waals surface area contributed by atoms with Crippen LogP contribution in [0.25, 0.3) is 44.4 Å². The van der Waals surface area contributed by atoms with Gasteiger partial charge in [-0.05, 0) is 36.2 Å².